The number of carbonyl (C=O) groups is 1. The molecule has 1 aliphatic heterocycles. The number of rotatable bonds is 3. The Balaban J connectivity index is 1.68. The largest absolute Gasteiger partial charge is 0.361 e. The summed E-state index contributed by atoms with van der Waals surface area (Å²) in [7, 11) is 0. The lowest BCUT2D eigenvalue weighted by Crippen LogP contribution is -2.39. The van der Waals surface area contributed by atoms with Crippen LogP contribution in [0.2, 0.25) is 5.02 Å². The number of aryl methyl sites for hydroxylation is 1. The van der Waals surface area contributed by atoms with E-state index in [-0.39, 0.29) is 12.1 Å². The Morgan fingerprint density at radius 3 is 2.62 bits per heavy atom. The third-order valence-corrected chi connectivity index (χ3v) is 5.12. The second-order valence-corrected chi connectivity index (χ2v) is 6.84. The molecular formula is C20H19ClN4O. The van der Waals surface area contributed by atoms with Gasteiger partial charge in [0.1, 0.15) is 6.17 Å². The first kappa shape index (κ1) is 16.7. The van der Waals surface area contributed by atoms with Gasteiger partial charge in [0.2, 0.25) is 0 Å². The van der Waals surface area contributed by atoms with Crippen molar-refractivity contribution in [2.75, 3.05) is 5.32 Å². The number of carbonyl (C=O) groups excluding carboxylic acids is 1. The first-order valence-corrected chi connectivity index (χ1v) is 8.86. The van der Waals surface area contributed by atoms with Crippen LogP contribution in [0.1, 0.15) is 39.0 Å². The topological polar surface area (TPSA) is 59.0 Å². The van der Waals surface area contributed by atoms with Crippen molar-refractivity contribution in [3.8, 4) is 0 Å². The average Bonchev–Trinajstić information content (AvgIpc) is 2.90. The number of fused-ring (bicyclic) bond motifs is 1. The van der Waals surface area contributed by atoms with Crippen molar-refractivity contribution in [1.82, 2.24) is 15.1 Å². The van der Waals surface area contributed by atoms with Crippen LogP contribution >= 0.6 is 11.6 Å². The lowest BCUT2D eigenvalue weighted by molar-refractivity contribution is 0.0935. The number of nitrogens with zero attached hydrogens (tertiary/aromatic N) is 2. The van der Waals surface area contributed by atoms with E-state index in [1.807, 2.05) is 67.1 Å². The molecule has 132 valence electrons. The van der Waals surface area contributed by atoms with Gasteiger partial charge in [-0.3, -0.25) is 9.48 Å². The van der Waals surface area contributed by atoms with Gasteiger partial charge in [0.25, 0.3) is 5.91 Å². The molecule has 0 aliphatic carbocycles. The molecule has 26 heavy (non-hydrogen) atoms. The summed E-state index contributed by atoms with van der Waals surface area (Å²) in [5, 5.41) is 11.8. The molecule has 2 N–H and O–H groups in total. The fraction of sp³-hybridized carbons (Fsp3) is 0.200. The highest BCUT2D eigenvalue weighted by Gasteiger charge is 2.28. The van der Waals surface area contributed by atoms with Crippen LogP contribution in [0.15, 0.2) is 48.5 Å². The molecule has 1 unspecified atom stereocenters. The molecule has 2 aromatic carbocycles. The number of para-hydroxylation sites is 1. The van der Waals surface area contributed by atoms with Gasteiger partial charge in [-0.25, -0.2) is 0 Å². The standard InChI is InChI=1S/C20H19ClN4O/c1-12-18(19-22-17-10-6-4-8-15(17)20(26)23-19)13(2)25(24-12)11-14-7-3-5-9-16(14)21/h3-10,19,22H,11H2,1-2H3,(H,23,26). The second kappa shape index (κ2) is 6.50. The van der Waals surface area contributed by atoms with E-state index in [0.29, 0.717) is 12.1 Å². The minimum Gasteiger partial charge on any atom is -0.361 e. The minimum absolute atomic E-state index is 0.0815. The maximum atomic E-state index is 12.4. The number of aromatic nitrogens is 2. The summed E-state index contributed by atoms with van der Waals surface area (Å²) in [6, 6.07) is 15.3. The minimum atomic E-state index is -0.308. The molecule has 0 spiro atoms. The summed E-state index contributed by atoms with van der Waals surface area (Å²) in [6.45, 7) is 4.56. The van der Waals surface area contributed by atoms with Crippen molar-refractivity contribution in [2.24, 2.45) is 0 Å². The Bertz CT molecular complexity index is 995. The molecule has 6 heteroatoms. The monoisotopic (exact) mass is 366 g/mol. The smallest absolute Gasteiger partial charge is 0.255 e. The number of benzene rings is 2. The van der Waals surface area contributed by atoms with E-state index in [0.717, 1.165) is 33.2 Å². The van der Waals surface area contributed by atoms with Crippen molar-refractivity contribution in [2.45, 2.75) is 26.6 Å². The second-order valence-electron chi connectivity index (χ2n) is 6.43. The fourth-order valence-electron chi connectivity index (χ4n) is 3.42. The molecule has 0 saturated carbocycles. The van der Waals surface area contributed by atoms with Crippen molar-refractivity contribution in [1.29, 1.82) is 0 Å². The molecule has 1 amide bonds. The zero-order valence-corrected chi connectivity index (χ0v) is 15.3. The molecule has 0 fully saturated rings. The number of nitrogens with one attached hydrogen (secondary N) is 2. The molecule has 1 atom stereocenters. The lowest BCUT2D eigenvalue weighted by atomic mass is 10.0. The quantitative estimate of drug-likeness (QED) is 0.735. The molecule has 1 aliphatic rings. The summed E-state index contributed by atoms with van der Waals surface area (Å²) in [5.74, 6) is -0.0815. The zero-order valence-electron chi connectivity index (χ0n) is 14.6. The van der Waals surface area contributed by atoms with Crippen molar-refractivity contribution in [3.63, 3.8) is 0 Å². The van der Waals surface area contributed by atoms with Gasteiger partial charge in [-0.15, -0.1) is 0 Å². The average molecular weight is 367 g/mol. The third-order valence-electron chi connectivity index (χ3n) is 4.75. The fourth-order valence-corrected chi connectivity index (χ4v) is 3.62. The third kappa shape index (κ3) is 2.84. The van der Waals surface area contributed by atoms with Gasteiger partial charge < -0.3 is 10.6 Å². The molecule has 0 saturated heterocycles. The number of amides is 1. The Morgan fingerprint density at radius 1 is 1.08 bits per heavy atom. The molecule has 0 bridgehead atoms. The van der Waals surface area contributed by atoms with Gasteiger partial charge in [-0.2, -0.15) is 5.10 Å². The van der Waals surface area contributed by atoms with Crippen LogP contribution in [0.4, 0.5) is 5.69 Å². The van der Waals surface area contributed by atoms with Crippen LogP contribution in [0.3, 0.4) is 0 Å². The highest BCUT2D eigenvalue weighted by atomic mass is 35.5. The Morgan fingerprint density at radius 2 is 1.81 bits per heavy atom. The number of anilines is 1. The van der Waals surface area contributed by atoms with E-state index in [1.54, 1.807) is 0 Å². The van der Waals surface area contributed by atoms with E-state index in [4.69, 9.17) is 11.6 Å². The van der Waals surface area contributed by atoms with E-state index >= 15 is 0 Å². The van der Waals surface area contributed by atoms with Gasteiger partial charge in [-0.1, -0.05) is 41.9 Å². The summed E-state index contributed by atoms with van der Waals surface area (Å²) >= 11 is 6.29. The van der Waals surface area contributed by atoms with Gasteiger partial charge in [0.15, 0.2) is 0 Å². The molecule has 3 aromatic rings. The van der Waals surface area contributed by atoms with Crippen molar-refractivity contribution >= 4 is 23.2 Å². The molecule has 5 nitrogen and oxygen atoms in total. The predicted molar refractivity (Wildman–Crippen MR) is 103 cm³/mol. The highest BCUT2D eigenvalue weighted by molar-refractivity contribution is 6.31. The van der Waals surface area contributed by atoms with Crippen LogP contribution in [0.5, 0.6) is 0 Å². The first-order valence-electron chi connectivity index (χ1n) is 8.48. The van der Waals surface area contributed by atoms with Crippen molar-refractivity contribution < 1.29 is 4.79 Å². The molecule has 1 aromatic heterocycles. The SMILES string of the molecule is Cc1nn(Cc2ccccc2Cl)c(C)c1C1NC(=O)c2ccccc2N1. The van der Waals surface area contributed by atoms with Crippen LogP contribution in [-0.4, -0.2) is 15.7 Å². The van der Waals surface area contributed by atoms with Crippen molar-refractivity contribution in [3.05, 3.63) is 81.6 Å². The van der Waals surface area contributed by atoms with Crippen LogP contribution in [-0.2, 0) is 6.54 Å². The maximum Gasteiger partial charge on any atom is 0.255 e. The molecular weight excluding hydrogens is 348 g/mol. The summed E-state index contributed by atoms with van der Waals surface area (Å²) in [6.07, 6.45) is -0.308. The van der Waals surface area contributed by atoms with Crippen LogP contribution in [0.25, 0.3) is 0 Å². The normalized spacial score (nSPS) is 16.0. The summed E-state index contributed by atoms with van der Waals surface area (Å²) < 4.78 is 1.93. The first-order chi connectivity index (χ1) is 12.5. The summed E-state index contributed by atoms with van der Waals surface area (Å²) in [4.78, 5) is 12.4. The van der Waals surface area contributed by atoms with E-state index in [9.17, 15) is 4.79 Å². The van der Waals surface area contributed by atoms with Gasteiger partial charge in [0.05, 0.1) is 17.8 Å². The molecule has 2 heterocycles. The maximum absolute atomic E-state index is 12.4. The highest BCUT2D eigenvalue weighted by Crippen LogP contribution is 2.30. The predicted octanol–water partition coefficient (Wildman–Crippen LogP) is 4.06. The van der Waals surface area contributed by atoms with E-state index < -0.39 is 0 Å². The summed E-state index contributed by atoms with van der Waals surface area (Å²) in [5.41, 5.74) is 5.37. The van der Waals surface area contributed by atoms with Gasteiger partial charge in [-0.05, 0) is 37.6 Å². The molecule has 0 radical (unpaired) electrons. The zero-order chi connectivity index (χ0) is 18.3. The Hall–Kier alpha value is -2.79. The Kier molecular flexibility index (Phi) is 4.17. The van der Waals surface area contributed by atoms with Crippen LogP contribution < -0.4 is 10.6 Å². The number of halogens is 1. The molecule has 4 rings (SSSR count). The number of hydrogen-bond acceptors (Lipinski definition) is 3. The van der Waals surface area contributed by atoms with Gasteiger partial charge in [0, 0.05) is 22.0 Å². The lowest BCUT2D eigenvalue weighted by Gasteiger charge is -2.28. The Labute approximate surface area is 157 Å². The van der Waals surface area contributed by atoms with Crippen LogP contribution in [0, 0.1) is 13.8 Å². The van der Waals surface area contributed by atoms with E-state index in [1.165, 1.54) is 0 Å². The van der Waals surface area contributed by atoms with E-state index in [2.05, 4.69) is 15.7 Å². The van der Waals surface area contributed by atoms with Gasteiger partial charge >= 0.3 is 0 Å². The number of hydrogen-bond donors (Lipinski definition) is 2.